The molecular formula is C15H20ClN3O4S2. The zero-order chi connectivity index (χ0) is 19.0. The van der Waals surface area contributed by atoms with E-state index in [0.29, 0.717) is 21.1 Å². The van der Waals surface area contributed by atoms with Crippen LogP contribution in [0.4, 0.5) is 4.79 Å². The Kier molecular flexibility index (Phi) is 5.60. The molecule has 1 aromatic heterocycles. The van der Waals surface area contributed by atoms with Crippen LogP contribution in [0.25, 0.3) is 0 Å². The topological polar surface area (TPSA) is 88.1 Å². The van der Waals surface area contributed by atoms with Gasteiger partial charge < -0.3 is 4.74 Å². The largest absolute Gasteiger partial charge is 0.444 e. The van der Waals surface area contributed by atoms with Crippen molar-refractivity contribution < 1.29 is 18.5 Å². The Bertz CT molecular complexity index is 756. The summed E-state index contributed by atoms with van der Waals surface area (Å²) in [6, 6.07) is 1.55. The van der Waals surface area contributed by atoms with E-state index in [1.807, 2.05) is 0 Å². The fourth-order valence-electron chi connectivity index (χ4n) is 2.20. The summed E-state index contributed by atoms with van der Waals surface area (Å²) in [6.45, 7) is 7.00. The molecule has 0 aromatic carbocycles. The molecule has 2 atom stereocenters. The molecule has 1 N–H and O–H groups in total. The Balaban J connectivity index is 2.37. The van der Waals surface area contributed by atoms with Crippen molar-refractivity contribution in [2.75, 3.05) is 12.8 Å². The number of nitrogens with zero attached hydrogens (tertiary/aromatic N) is 2. The molecule has 2 unspecified atom stereocenters. The Morgan fingerprint density at radius 2 is 2.20 bits per heavy atom. The lowest BCUT2D eigenvalue weighted by Gasteiger charge is -2.34. The molecule has 1 aliphatic heterocycles. The van der Waals surface area contributed by atoms with E-state index in [-0.39, 0.29) is 11.7 Å². The summed E-state index contributed by atoms with van der Waals surface area (Å²) in [4.78, 5) is 28.7. The van der Waals surface area contributed by atoms with Gasteiger partial charge in [0.2, 0.25) is 5.96 Å². The Morgan fingerprint density at radius 1 is 1.56 bits per heavy atom. The van der Waals surface area contributed by atoms with Crippen LogP contribution in [0, 0.1) is 0 Å². The van der Waals surface area contributed by atoms with E-state index in [0.717, 1.165) is 0 Å². The van der Waals surface area contributed by atoms with E-state index >= 15 is 0 Å². The summed E-state index contributed by atoms with van der Waals surface area (Å²) in [6.07, 6.45) is 0.0176. The van der Waals surface area contributed by atoms with Crippen LogP contribution in [0.1, 0.15) is 42.2 Å². The van der Waals surface area contributed by atoms with Crippen LogP contribution < -0.4 is 5.32 Å². The molecule has 1 aliphatic rings. The van der Waals surface area contributed by atoms with Crippen LogP contribution in [0.15, 0.2) is 11.1 Å². The lowest BCUT2D eigenvalue weighted by molar-refractivity contribution is 0.0559. The summed E-state index contributed by atoms with van der Waals surface area (Å²) in [5.41, 5.74) is -1.60. The van der Waals surface area contributed by atoms with Gasteiger partial charge in [0.05, 0.1) is 20.5 Å². The molecule has 0 saturated carbocycles. The highest BCUT2D eigenvalue weighted by Gasteiger charge is 2.40. The fourth-order valence-corrected chi connectivity index (χ4v) is 4.91. The number of carbonyl (C=O) groups is 2. The van der Waals surface area contributed by atoms with Crippen molar-refractivity contribution in [2.45, 2.75) is 38.8 Å². The minimum absolute atomic E-state index is 0.124. The maximum atomic E-state index is 12.5. The van der Waals surface area contributed by atoms with E-state index in [1.165, 1.54) is 15.6 Å². The second kappa shape index (κ2) is 7.05. The van der Waals surface area contributed by atoms with Crippen LogP contribution in [-0.2, 0) is 21.3 Å². The van der Waals surface area contributed by atoms with Crippen molar-refractivity contribution in [1.29, 1.82) is 0 Å². The van der Waals surface area contributed by atoms with Crippen molar-refractivity contribution in [1.82, 2.24) is 9.62 Å². The normalized spacial score (nSPS) is 23.8. The molecule has 25 heavy (non-hydrogen) atoms. The van der Waals surface area contributed by atoms with Crippen LogP contribution in [0.2, 0.25) is 5.02 Å². The van der Waals surface area contributed by atoms with Gasteiger partial charge in [0, 0.05) is 7.05 Å². The van der Waals surface area contributed by atoms with E-state index in [1.54, 1.807) is 40.8 Å². The number of aliphatic imine (C=N–C) groups is 1. The number of ether oxygens (including phenoxy) is 1. The number of halogens is 1. The zero-order valence-electron chi connectivity index (χ0n) is 14.6. The Labute approximate surface area is 158 Å². The number of aldehydes is 1. The Morgan fingerprint density at radius 3 is 2.72 bits per heavy atom. The minimum atomic E-state index is -1.43. The second-order valence-corrected chi connectivity index (χ2v) is 9.71. The number of alkyl carbamates (subject to hydrolysis) is 1. The number of nitrogens with one attached hydrogen (secondary N) is 1. The van der Waals surface area contributed by atoms with Crippen LogP contribution in [-0.4, -0.2) is 45.3 Å². The second-order valence-electron chi connectivity index (χ2n) is 6.74. The molecule has 0 spiro atoms. The smallest absolute Gasteiger partial charge is 0.414 e. The van der Waals surface area contributed by atoms with Gasteiger partial charge in [-0.1, -0.05) is 11.6 Å². The molecule has 1 aromatic rings. The number of carbonyl (C=O) groups excluding carboxylic acids is 2. The summed E-state index contributed by atoms with van der Waals surface area (Å²) in [5, 5.41) is 2.92. The van der Waals surface area contributed by atoms with Crippen molar-refractivity contribution in [3.8, 4) is 0 Å². The van der Waals surface area contributed by atoms with Crippen molar-refractivity contribution >= 4 is 52.3 Å². The van der Waals surface area contributed by atoms with E-state index < -0.39 is 28.2 Å². The third-order valence-corrected chi connectivity index (χ3v) is 6.60. The molecule has 1 amide bonds. The SMILES string of the molecule is CN1C(NC(=O)OC(C)(C)C)=NC(C)(c2sc(C=O)cc2Cl)CS1=O. The molecule has 0 fully saturated rings. The van der Waals surface area contributed by atoms with Gasteiger partial charge in [-0.3, -0.25) is 14.4 Å². The molecule has 2 rings (SSSR count). The van der Waals surface area contributed by atoms with Crippen LogP contribution >= 0.6 is 22.9 Å². The van der Waals surface area contributed by atoms with E-state index in [9.17, 15) is 13.8 Å². The van der Waals surface area contributed by atoms with Crippen LogP contribution in [0.3, 0.4) is 0 Å². The molecule has 0 saturated heterocycles. The number of amides is 1. The third kappa shape index (κ3) is 4.59. The standard InChI is InChI=1S/C15H20ClN3O4S2/c1-14(2,3)23-13(21)17-12-18-15(4,8-25(22)19(12)5)11-10(16)6-9(7-20)24-11/h6-7H,8H2,1-5H3,(H,17,18,21). The molecule has 7 nitrogen and oxygen atoms in total. The van der Waals surface area contributed by atoms with Crippen LogP contribution in [0.5, 0.6) is 0 Å². The van der Waals surface area contributed by atoms with Gasteiger partial charge in [0.15, 0.2) is 6.29 Å². The van der Waals surface area contributed by atoms with Crippen molar-refractivity contribution in [3.05, 3.63) is 20.8 Å². The number of rotatable bonds is 2. The van der Waals surface area contributed by atoms with Gasteiger partial charge >= 0.3 is 6.09 Å². The first-order chi connectivity index (χ1) is 11.4. The van der Waals surface area contributed by atoms with Crippen molar-refractivity contribution in [3.63, 3.8) is 0 Å². The predicted octanol–water partition coefficient (Wildman–Crippen LogP) is 2.92. The molecular weight excluding hydrogens is 386 g/mol. The molecule has 10 heteroatoms. The average Bonchev–Trinajstić information content (AvgIpc) is 2.84. The number of hydrogen-bond acceptors (Lipinski definition) is 6. The number of guanidine groups is 1. The minimum Gasteiger partial charge on any atom is -0.444 e. The Hall–Kier alpha value is -1.45. The van der Waals surface area contributed by atoms with Gasteiger partial charge in [-0.2, -0.15) is 0 Å². The molecule has 0 radical (unpaired) electrons. The summed E-state index contributed by atoms with van der Waals surface area (Å²) < 4.78 is 19.1. The number of hydrogen-bond donors (Lipinski definition) is 1. The maximum Gasteiger partial charge on any atom is 0.414 e. The van der Waals surface area contributed by atoms with E-state index in [4.69, 9.17) is 16.3 Å². The first-order valence-corrected chi connectivity index (χ1v) is 9.89. The first kappa shape index (κ1) is 19.9. The summed E-state index contributed by atoms with van der Waals surface area (Å²) in [7, 11) is 0.135. The monoisotopic (exact) mass is 405 g/mol. The van der Waals surface area contributed by atoms with Gasteiger partial charge in [0.25, 0.3) is 0 Å². The predicted molar refractivity (Wildman–Crippen MR) is 99.6 cm³/mol. The molecule has 0 bridgehead atoms. The quantitative estimate of drug-likeness (QED) is 0.766. The number of thiophene rings is 1. The highest BCUT2D eigenvalue weighted by Crippen LogP contribution is 2.40. The van der Waals surface area contributed by atoms with Crippen molar-refractivity contribution in [2.24, 2.45) is 4.99 Å². The van der Waals surface area contributed by atoms with Gasteiger partial charge in [-0.05, 0) is 33.8 Å². The fraction of sp³-hybridized carbons (Fsp3) is 0.533. The molecule has 0 aliphatic carbocycles. The maximum absolute atomic E-state index is 12.5. The first-order valence-electron chi connectivity index (χ1n) is 7.42. The summed E-state index contributed by atoms with van der Waals surface area (Å²) >= 11 is 7.42. The van der Waals surface area contributed by atoms with Gasteiger partial charge in [-0.15, -0.1) is 11.3 Å². The lowest BCUT2D eigenvalue weighted by atomic mass is 10.0. The molecule has 138 valence electrons. The average molecular weight is 406 g/mol. The zero-order valence-corrected chi connectivity index (χ0v) is 17.0. The van der Waals surface area contributed by atoms with Gasteiger partial charge in [0.1, 0.15) is 22.1 Å². The summed E-state index contributed by atoms with van der Waals surface area (Å²) in [5.74, 6) is 0.306. The third-order valence-electron chi connectivity index (χ3n) is 3.28. The van der Waals surface area contributed by atoms with Gasteiger partial charge in [-0.25, -0.2) is 14.0 Å². The highest BCUT2D eigenvalue weighted by atomic mass is 35.5. The lowest BCUT2D eigenvalue weighted by Crippen LogP contribution is -2.51. The highest BCUT2D eigenvalue weighted by molar-refractivity contribution is 7.83. The van der Waals surface area contributed by atoms with E-state index in [2.05, 4.69) is 10.3 Å². The molecule has 2 heterocycles.